The maximum absolute atomic E-state index is 3.50. The van der Waals surface area contributed by atoms with E-state index in [-0.39, 0.29) is 41.1 Å². The predicted molar refractivity (Wildman–Crippen MR) is 82.0 cm³/mol. The summed E-state index contributed by atoms with van der Waals surface area (Å²) in [6.45, 7) is 4.49. The molecule has 2 aliphatic rings. The van der Waals surface area contributed by atoms with Crippen molar-refractivity contribution >= 4 is 0 Å². The Kier molecular flexibility index (Phi) is 11.6. The summed E-state index contributed by atoms with van der Waals surface area (Å²) in [6, 6.07) is 10.0. The first-order chi connectivity index (χ1) is 7.79. The van der Waals surface area contributed by atoms with Crippen molar-refractivity contribution in [3.05, 3.63) is 68.0 Å². The smallest absolute Gasteiger partial charge is 0.358 e. The molecular weight excluding hydrogens is 307 g/mol. The number of hydrogen-bond donors (Lipinski definition) is 0. The molecule has 102 valence electrons. The van der Waals surface area contributed by atoms with Gasteiger partial charge in [-0.25, -0.2) is 17.7 Å². The summed E-state index contributed by atoms with van der Waals surface area (Å²) in [5.74, 6) is 0.630. The molecule has 1 heteroatoms. The van der Waals surface area contributed by atoms with Gasteiger partial charge < -0.3 is 14.9 Å². The van der Waals surface area contributed by atoms with Crippen LogP contribution in [0.3, 0.4) is 0 Å². The van der Waals surface area contributed by atoms with Gasteiger partial charge in [-0.1, -0.05) is 39.0 Å². The van der Waals surface area contributed by atoms with Gasteiger partial charge in [0.15, 0.2) is 0 Å². The second-order valence-corrected chi connectivity index (χ2v) is 4.66. The molecule has 0 aliphatic heterocycles. The van der Waals surface area contributed by atoms with E-state index in [1.165, 1.54) is 31.3 Å². The van der Waals surface area contributed by atoms with Gasteiger partial charge in [0.2, 0.25) is 0 Å². The minimum absolute atomic E-state index is 0. The summed E-state index contributed by atoms with van der Waals surface area (Å²) in [5, 5.41) is 0. The molecule has 0 saturated carbocycles. The van der Waals surface area contributed by atoms with E-state index in [0.29, 0.717) is 5.92 Å². The zero-order valence-electron chi connectivity index (χ0n) is 12.8. The quantitative estimate of drug-likeness (QED) is 0.545. The predicted octanol–water partition coefficient (Wildman–Crippen LogP) is 5.56. The van der Waals surface area contributed by atoms with Crippen LogP contribution in [-0.4, -0.2) is 0 Å². The Bertz CT molecular complexity index is 365. The maximum atomic E-state index is 3.50. The molecule has 0 aromatic heterocycles. The Labute approximate surface area is 139 Å². The van der Waals surface area contributed by atoms with E-state index < -0.39 is 0 Å². The summed E-state index contributed by atoms with van der Waals surface area (Å²) in [7, 11) is 0. The Balaban J connectivity index is 0. The Morgan fingerprint density at radius 2 is 1.68 bits per heavy atom. The van der Waals surface area contributed by atoms with E-state index >= 15 is 0 Å². The van der Waals surface area contributed by atoms with Gasteiger partial charge in [0, 0.05) is 0 Å². The van der Waals surface area contributed by atoms with Crippen molar-refractivity contribution in [1.82, 2.24) is 0 Å². The van der Waals surface area contributed by atoms with Gasteiger partial charge in [-0.05, 0) is 6.42 Å². The second kappa shape index (κ2) is 10.5. The fourth-order valence-corrected chi connectivity index (χ4v) is 2.65. The molecule has 0 amide bonds. The molecular formula is C18H26Zr. The van der Waals surface area contributed by atoms with Gasteiger partial charge in [-0.15, -0.1) is 0 Å². The van der Waals surface area contributed by atoms with E-state index in [4.69, 9.17) is 0 Å². The summed E-state index contributed by atoms with van der Waals surface area (Å²) in [6.07, 6.45) is 8.95. The van der Waals surface area contributed by atoms with Crippen molar-refractivity contribution in [1.29, 1.82) is 0 Å². The van der Waals surface area contributed by atoms with Crippen LogP contribution in [0.25, 0.3) is 0 Å². The van der Waals surface area contributed by atoms with Crippen molar-refractivity contribution in [2.24, 2.45) is 5.92 Å². The van der Waals surface area contributed by atoms with Crippen molar-refractivity contribution < 1.29 is 26.2 Å². The molecule has 0 N–H and O–H groups in total. The van der Waals surface area contributed by atoms with E-state index in [1.807, 2.05) is 30.3 Å². The van der Waals surface area contributed by atoms with Crippen LogP contribution in [0.2, 0.25) is 0 Å². The molecule has 0 radical (unpaired) electrons. The van der Waals surface area contributed by atoms with E-state index in [0.717, 1.165) is 0 Å². The first-order valence-electron chi connectivity index (χ1n) is 6.28. The van der Waals surface area contributed by atoms with Gasteiger partial charge >= 0.3 is 26.2 Å². The van der Waals surface area contributed by atoms with Crippen molar-refractivity contribution in [2.75, 3.05) is 0 Å². The molecule has 1 aromatic rings. The van der Waals surface area contributed by atoms with Crippen LogP contribution in [0, 0.1) is 26.8 Å². The summed E-state index contributed by atoms with van der Waals surface area (Å²) in [4.78, 5) is 0. The number of hydrogen-bond acceptors (Lipinski definition) is 0. The average Bonchev–Trinajstić information content (AvgIpc) is 2.94. The SMILES string of the molecule is CC1=[C-]C(C)C2=C1CCCC2.[CH3-].[CH3-].[Zr+4].c1cc[cH-]c1. The van der Waals surface area contributed by atoms with Crippen molar-refractivity contribution in [3.63, 3.8) is 0 Å². The molecule has 1 atom stereocenters. The van der Waals surface area contributed by atoms with Crippen LogP contribution in [0.1, 0.15) is 39.5 Å². The third-order valence-corrected chi connectivity index (χ3v) is 3.47. The second-order valence-electron chi connectivity index (χ2n) is 4.66. The molecule has 19 heavy (non-hydrogen) atoms. The first kappa shape index (κ1) is 21.0. The van der Waals surface area contributed by atoms with E-state index in [9.17, 15) is 0 Å². The summed E-state index contributed by atoms with van der Waals surface area (Å²) in [5.41, 5.74) is 4.77. The van der Waals surface area contributed by atoms with Gasteiger partial charge in [0.25, 0.3) is 0 Å². The summed E-state index contributed by atoms with van der Waals surface area (Å²) >= 11 is 0. The standard InChI is InChI=1S/C11H15.C5H5.2CH3.Zr/c1-8-7-9(2)11-6-4-3-5-10(8)11;1-2-4-5-3-1;;;/h8H,3-6H2,1-2H3;1-5H;2*1H3;/q4*-1;+4. The van der Waals surface area contributed by atoms with E-state index in [2.05, 4.69) is 19.9 Å². The van der Waals surface area contributed by atoms with Gasteiger partial charge in [0.05, 0.1) is 0 Å². The van der Waals surface area contributed by atoms with Crippen LogP contribution >= 0.6 is 0 Å². The normalized spacial score (nSPS) is 19.7. The molecule has 3 rings (SSSR count). The van der Waals surface area contributed by atoms with Gasteiger partial charge in [-0.2, -0.15) is 29.3 Å². The third-order valence-electron chi connectivity index (χ3n) is 3.47. The van der Waals surface area contributed by atoms with Crippen molar-refractivity contribution in [3.8, 4) is 0 Å². The van der Waals surface area contributed by atoms with Crippen LogP contribution < -0.4 is 0 Å². The number of rotatable bonds is 0. The molecule has 1 unspecified atom stereocenters. The van der Waals surface area contributed by atoms with E-state index in [1.54, 1.807) is 11.1 Å². The van der Waals surface area contributed by atoms with Crippen LogP contribution in [0.15, 0.2) is 47.1 Å². The first-order valence-corrected chi connectivity index (χ1v) is 6.28. The van der Waals surface area contributed by atoms with Crippen LogP contribution in [0.4, 0.5) is 0 Å². The molecule has 0 nitrogen and oxygen atoms in total. The third kappa shape index (κ3) is 5.69. The summed E-state index contributed by atoms with van der Waals surface area (Å²) < 4.78 is 0. The van der Waals surface area contributed by atoms with Gasteiger partial charge in [0.1, 0.15) is 0 Å². The largest absolute Gasteiger partial charge is 4.00 e. The van der Waals surface area contributed by atoms with Crippen molar-refractivity contribution in [2.45, 2.75) is 39.5 Å². The zero-order chi connectivity index (χ0) is 11.4. The fraction of sp³-hybridized carbons (Fsp3) is 0.389. The minimum Gasteiger partial charge on any atom is -0.358 e. The molecule has 1 aromatic carbocycles. The molecule has 0 bridgehead atoms. The molecule has 0 heterocycles. The molecule has 0 spiro atoms. The molecule has 0 fully saturated rings. The molecule has 2 aliphatic carbocycles. The minimum atomic E-state index is 0. The topological polar surface area (TPSA) is 0 Å². The van der Waals surface area contributed by atoms with Gasteiger partial charge in [-0.3, -0.25) is 6.08 Å². The Hall–Kier alpha value is -0.287. The zero-order valence-corrected chi connectivity index (χ0v) is 15.3. The maximum Gasteiger partial charge on any atom is 4.00 e. The Morgan fingerprint density at radius 1 is 1.11 bits per heavy atom. The number of allylic oxidation sites excluding steroid dienone is 4. The average molecular weight is 334 g/mol. The fourth-order valence-electron chi connectivity index (χ4n) is 2.65. The molecule has 0 saturated heterocycles. The Morgan fingerprint density at radius 3 is 2.16 bits per heavy atom. The van der Waals surface area contributed by atoms with Crippen LogP contribution in [0.5, 0.6) is 0 Å². The van der Waals surface area contributed by atoms with Crippen LogP contribution in [-0.2, 0) is 26.2 Å². The monoisotopic (exact) mass is 332 g/mol.